The first-order valence-corrected chi connectivity index (χ1v) is 9.78. The maximum Gasteiger partial charge on any atom is 0.255 e. The largest absolute Gasteiger partial charge is 0.345 e. The molecule has 0 bridgehead atoms. The van der Waals surface area contributed by atoms with Crippen molar-refractivity contribution in [1.29, 1.82) is 0 Å². The van der Waals surface area contributed by atoms with Crippen molar-refractivity contribution in [3.05, 3.63) is 77.2 Å². The number of aromatic nitrogens is 3. The van der Waals surface area contributed by atoms with E-state index in [-0.39, 0.29) is 17.9 Å². The van der Waals surface area contributed by atoms with Crippen LogP contribution in [0, 0.1) is 0 Å². The standard InChI is InChI=1S/C23H28N4O/c1-15(2)18-9-11-19(12-10-18)17(5)26-23(28)20-14-25-27(22(20)16(3)4)21-8-6-7-13-24-21/h6-17H,1-5H3,(H,26,28). The van der Waals surface area contributed by atoms with Crippen LogP contribution in [-0.4, -0.2) is 20.7 Å². The third-order valence-electron chi connectivity index (χ3n) is 4.91. The van der Waals surface area contributed by atoms with Gasteiger partial charge in [0.15, 0.2) is 5.82 Å². The van der Waals surface area contributed by atoms with Crippen LogP contribution in [0.15, 0.2) is 54.9 Å². The lowest BCUT2D eigenvalue weighted by Gasteiger charge is -2.17. The molecule has 0 spiro atoms. The van der Waals surface area contributed by atoms with E-state index in [0.29, 0.717) is 17.3 Å². The van der Waals surface area contributed by atoms with Gasteiger partial charge in [-0.15, -0.1) is 0 Å². The lowest BCUT2D eigenvalue weighted by atomic mass is 9.99. The van der Waals surface area contributed by atoms with Crippen molar-refractivity contribution in [2.75, 3.05) is 0 Å². The number of nitrogens with zero attached hydrogens (tertiary/aromatic N) is 3. The summed E-state index contributed by atoms with van der Waals surface area (Å²) in [5, 5.41) is 7.54. The van der Waals surface area contributed by atoms with Crippen molar-refractivity contribution < 1.29 is 4.79 Å². The maximum atomic E-state index is 13.0. The van der Waals surface area contributed by atoms with E-state index in [1.807, 2.05) is 25.1 Å². The first kappa shape index (κ1) is 19.8. The average Bonchev–Trinajstić information content (AvgIpc) is 3.14. The molecule has 0 saturated carbocycles. The smallest absolute Gasteiger partial charge is 0.255 e. The molecule has 0 aliphatic carbocycles. The van der Waals surface area contributed by atoms with Crippen LogP contribution < -0.4 is 5.32 Å². The molecule has 1 atom stereocenters. The molecular weight excluding hydrogens is 348 g/mol. The van der Waals surface area contributed by atoms with E-state index in [2.05, 4.69) is 67.4 Å². The van der Waals surface area contributed by atoms with Crippen molar-refractivity contribution in [2.24, 2.45) is 0 Å². The second-order valence-electron chi connectivity index (χ2n) is 7.71. The normalized spacial score (nSPS) is 12.4. The van der Waals surface area contributed by atoms with Gasteiger partial charge < -0.3 is 5.32 Å². The predicted molar refractivity (Wildman–Crippen MR) is 112 cm³/mol. The van der Waals surface area contributed by atoms with E-state index in [1.165, 1.54) is 5.56 Å². The van der Waals surface area contributed by atoms with Gasteiger partial charge in [-0.1, -0.05) is 58.0 Å². The number of carbonyl (C=O) groups excluding carboxylic acids is 1. The van der Waals surface area contributed by atoms with Crippen LogP contribution in [0.5, 0.6) is 0 Å². The summed E-state index contributed by atoms with van der Waals surface area (Å²) in [5.41, 5.74) is 3.83. The Balaban J connectivity index is 1.83. The molecule has 1 unspecified atom stereocenters. The van der Waals surface area contributed by atoms with Gasteiger partial charge >= 0.3 is 0 Å². The fourth-order valence-electron chi connectivity index (χ4n) is 3.28. The maximum absolute atomic E-state index is 13.0. The van der Waals surface area contributed by atoms with E-state index in [1.54, 1.807) is 17.1 Å². The van der Waals surface area contributed by atoms with Crippen LogP contribution in [0.3, 0.4) is 0 Å². The zero-order chi connectivity index (χ0) is 20.3. The topological polar surface area (TPSA) is 59.8 Å². The second-order valence-corrected chi connectivity index (χ2v) is 7.71. The van der Waals surface area contributed by atoms with Gasteiger partial charge in [0, 0.05) is 6.20 Å². The highest BCUT2D eigenvalue weighted by Gasteiger charge is 2.22. The predicted octanol–water partition coefficient (Wildman–Crippen LogP) is 5.01. The Morgan fingerprint density at radius 3 is 2.18 bits per heavy atom. The fraction of sp³-hybridized carbons (Fsp3) is 0.348. The first-order chi connectivity index (χ1) is 13.4. The minimum atomic E-state index is -0.119. The quantitative estimate of drug-likeness (QED) is 0.658. The molecule has 1 amide bonds. The summed E-state index contributed by atoms with van der Waals surface area (Å²) >= 11 is 0. The Bertz CT molecular complexity index is 927. The highest BCUT2D eigenvalue weighted by atomic mass is 16.1. The summed E-state index contributed by atoms with van der Waals surface area (Å²) in [6, 6.07) is 14.0. The SMILES string of the molecule is CC(C)c1ccc(C(C)NC(=O)c2cnn(-c3ccccn3)c2C(C)C)cc1. The lowest BCUT2D eigenvalue weighted by Crippen LogP contribution is -2.27. The first-order valence-electron chi connectivity index (χ1n) is 9.78. The number of hydrogen-bond acceptors (Lipinski definition) is 3. The summed E-state index contributed by atoms with van der Waals surface area (Å²) in [7, 11) is 0. The molecule has 3 rings (SSSR count). The highest BCUT2D eigenvalue weighted by molar-refractivity contribution is 5.95. The average molecular weight is 377 g/mol. The zero-order valence-corrected chi connectivity index (χ0v) is 17.2. The van der Waals surface area contributed by atoms with Gasteiger partial charge in [-0.3, -0.25) is 4.79 Å². The van der Waals surface area contributed by atoms with Gasteiger partial charge in [-0.05, 0) is 42.0 Å². The van der Waals surface area contributed by atoms with Crippen LogP contribution in [0.2, 0.25) is 0 Å². The molecule has 28 heavy (non-hydrogen) atoms. The number of amides is 1. The highest BCUT2D eigenvalue weighted by Crippen LogP contribution is 2.24. The van der Waals surface area contributed by atoms with E-state index in [4.69, 9.17) is 0 Å². The van der Waals surface area contributed by atoms with E-state index in [9.17, 15) is 4.79 Å². The number of carbonyl (C=O) groups is 1. The van der Waals surface area contributed by atoms with Crippen LogP contribution in [0.1, 0.15) is 79.7 Å². The summed E-state index contributed by atoms with van der Waals surface area (Å²) < 4.78 is 1.75. The molecule has 1 aromatic carbocycles. The number of rotatable bonds is 6. The second kappa shape index (κ2) is 8.38. The van der Waals surface area contributed by atoms with Gasteiger partial charge in [0.25, 0.3) is 5.91 Å². The van der Waals surface area contributed by atoms with Gasteiger partial charge in [-0.2, -0.15) is 5.10 Å². The van der Waals surface area contributed by atoms with Crippen LogP contribution in [0.4, 0.5) is 0 Å². The number of pyridine rings is 1. The van der Waals surface area contributed by atoms with Crippen molar-refractivity contribution in [3.63, 3.8) is 0 Å². The van der Waals surface area contributed by atoms with Gasteiger partial charge in [0.2, 0.25) is 0 Å². The monoisotopic (exact) mass is 376 g/mol. The van der Waals surface area contributed by atoms with E-state index >= 15 is 0 Å². The summed E-state index contributed by atoms with van der Waals surface area (Å²) in [4.78, 5) is 17.4. The summed E-state index contributed by atoms with van der Waals surface area (Å²) in [5.74, 6) is 1.21. The molecule has 2 heterocycles. The Morgan fingerprint density at radius 1 is 0.929 bits per heavy atom. The Hall–Kier alpha value is -2.95. The third kappa shape index (κ3) is 4.14. The fourth-order valence-corrected chi connectivity index (χ4v) is 3.28. The molecule has 3 aromatic rings. The van der Waals surface area contributed by atoms with Crippen LogP contribution in [-0.2, 0) is 0 Å². The molecule has 0 fully saturated rings. The minimum absolute atomic E-state index is 0.0908. The molecule has 0 aliphatic heterocycles. The molecule has 1 N–H and O–H groups in total. The molecule has 0 saturated heterocycles. The molecule has 0 aliphatic rings. The van der Waals surface area contributed by atoms with Crippen LogP contribution >= 0.6 is 0 Å². The Kier molecular flexibility index (Phi) is 5.93. The molecule has 5 heteroatoms. The van der Waals surface area contributed by atoms with Crippen molar-refractivity contribution in [1.82, 2.24) is 20.1 Å². The minimum Gasteiger partial charge on any atom is -0.345 e. The molecule has 5 nitrogen and oxygen atoms in total. The van der Waals surface area contributed by atoms with Crippen LogP contribution in [0.25, 0.3) is 5.82 Å². The molecular formula is C23H28N4O. The van der Waals surface area contributed by atoms with E-state index in [0.717, 1.165) is 11.3 Å². The summed E-state index contributed by atoms with van der Waals surface area (Å²) in [6.07, 6.45) is 3.36. The van der Waals surface area contributed by atoms with E-state index < -0.39 is 0 Å². The molecule has 146 valence electrons. The van der Waals surface area contributed by atoms with Crippen molar-refractivity contribution in [3.8, 4) is 5.82 Å². The van der Waals surface area contributed by atoms with Crippen molar-refractivity contribution in [2.45, 2.75) is 52.5 Å². The van der Waals surface area contributed by atoms with Gasteiger partial charge in [0.05, 0.1) is 23.5 Å². The Morgan fingerprint density at radius 2 is 1.61 bits per heavy atom. The third-order valence-corrected chi connectivity index (χ3v) is 4.91. The van der Waals surface area contributed by atoms with Gasteiger partial charge in [0.1, 0.15) is 0 Å². The number of benzene rings is 1. The van der Waals surface area contributed by atoms with Crippen molar-refractivity contribution >= 4 is 5.91 Å². The molecule has 0 radical (unpaired) electrons. The number of hydrogen-bond donors (Lipinski definition) is 1. The summed E-state index contributed by atoms with van der Waals surface area (Å²) in [6.45, 7) is 10.5. The van der Waals surface area contributed by atoms with Gasteiger partial charge in [-0.25, -0.2) is 9.67 Å². The Labute approximate surface area is 166 Å². The molecule has 2 aromatic heterocycles. The lowest BCUT2D eigenvalue weighted by molar-refractivity contribution is 0.0938. The zero-order valence-electron chi connectivity index (χ0n) is 17.2. The number of nitrogens with one attached hydrogen (secondary N) is 1.